The molecule has 22 heavy (non-hydrogen) atoms. The Balaban J connectivity index is 1.91. The Kier molecular flexibility index (Phi) is 4.76. The third-order valence-corrected chi connectivity index (χ3v) is 5.05. The van der Waals surface area contributed by atoms with Crippen LogP contribution in [0.15, 0.2) is 46.9 Å². The maximum absolute atomic E-state index is 5.97. The van der Waals surface area contributed by atoms with Crippen molar-refractivity contribution in [3.63, 3.8) is 0 Å². The van der Waals surface area contributed by atoms with Gasteiger partial charge in [0.05, 0.1) is 11.8 Å². The van der Waals surface area contributed by atoms with Crippen molar-refractivity contribution in [3.8, 4) is 0 Å². The quantitative estimate of drug-likeness (QED) is 0.830. The van der Waals surface area contributed by atoms with Gasteiger partial charge in [-0.05, 0) is 48.3 Å². The molecule has 114 valence electrons. The molecule has 3 rings (SSSR count). The number of halogens is 1. The van der Waals surface area contributed by atoms with E-state index in [1.807, 2.05) is 36.2 Å². The molecule has 0 spiro atoms. The fourth-order valence-electron chi connectivity index (χ4n) is 2.45. The molecular weight excluding hydrogens is 334 g/mol. The Hall–Kier alpha value is -1.43. The average molecular weight is 350 g/mol. The molecule has 1 aliphatic heterocycles. The number of thiophene rings is 1. The number of nitrogens with zero attached hydrogens (tertiary/aromatic N) is 2. The van der Waals surface area contributed by atoms with E-state index in [0.717, 1.165) is 29.3 Å². The molecule has 0 amide bonds. The molecule has 6 heteroatoms. The maximum atomic E-state index is 5.97. The first-order chi connectivity index (χ1) is 10.7. The summed E-state index contributed by atoms with van der Waals surface area (Å²) in [7, 11) is 0. The first-order valence-electron chi connectivity index (χ1n) is 7.13. The van der Waals surface area contributed by atoms with E-state index in [1.54, 1.807) is 11.3 Å². The van der Waals surface area contributed by atoms with Crippen molar-refractivity contribution >= 4 is 46.0 Å². The largest absolute Gasteiger partial charge is 0.361 e. The third kappa shape index (κ3) is 3.16. The fourth-order valence-corrected chi connectivity index (χ4v) is 3.70. The van der Waals surface area contributed by atoms with Gasteiger partial charge < -0.3 is 5.32 Å². The van der Waals surface area contributed by atoms with Crippen molar-refractivity contribution in [2.75, 3.05) is 6.54 Å². The topological polar surface area (TPSA) is 27.6 Å². The summed E-state index contributed by atoms with van der Waals surface area (Å²) in [6.07, 6.45) is 0.841. The van der Waals surface area contributed by atoms with Crippen LogP contribution in [0.25, 0.3) is 0 Å². The molecule has 1 unspecified atom stereocenters. The number of thiocarbonyl (C=S) groups is 1. The Labute approximate surface area is 144 Å². The maximum Gasteiger partial charge on any atom is 0.190 e. The van der Waals surface area contributed by atoms with Crippen LogP contribution in [-0.4, -0.2) is 22.4 Å². The number of benzene rings is 1. The van der Waals surface area contributed by atoms with E-state index in [4.69, 9.17) is 28.9 Å². The number of hydrazone groups is 1. The van der Waals surface area contributed by atoms with Crippen molar-refractivity contribution in [3.05, 3.63) is 57.2 Å². The van der Waals surface area contributed by atoms with Gasteiger partial charge >= 0.3 is 0 Å². The molecule has 1 aromatic carbocycles. The van der Waals surface area contributed by atoms with Crippen LogP contribution in [0.2, 0.25) is 5.02 Å². The zero-order chi connectivity index (χ0) is 15.5. The standard InChI is InChI=1S/C16H16ClN3S2/c1-2-18-16(21)20-14(15-4-3-9-22-15)10-13(19-20)11-5-7-12(17)8-6-11/h3-9,14H,2,10H2,1H3,(H,18,21). The van der Waals surface area contributed by atoms with Gasteiger partial charge in [0.2, 0.25) is 0 Å². The molecule has 0 bridgehead atoms. The summed E-state index contributed by atoms with van der Waals surface area (Å²) >= 11 is 13.2. The van der Waals surface area contributed by atoms with Crippen LogP contribution in [0, 0.1) is 0 Å². The van der Waals surface area contributed by atoms with Crippen LogP contribution in [0.4, 0.5) is 0 Å². The van der Waals surface area contributed by atoms with Gasteiger partial charge in [-0.15, -0.1) is 11.3 Å². The third-order valence-electron chi connectivity index (χ3n) is 3.50. The monoisotopic (exact) mass is 349 g/mol. The lowest BCUT2D eigenvalue weighted by Gasteiger charge is -2.23. The number of hydrogen-bond acceptors (Lipinski definition) is 3. The van der Waals surface area contributed by atoms with Gasteiger partial charge in [0.25, 0.3) is 0 Å². The number of nitrogens with one attached hydrogen (secondary N) is 1. The van der Waals surface area contributed by atoms with Crippen molar-refractivity contribution < 1.29 is 0 Å². The lowest BCUT2D eigenvalue weighted by Crippen LogP contribution is -2.36. The molecule has 0 saturated carbocycles. The molecule has 0 aliphatic carbocycles. The second-order valence-electron chi connectivity index (χ2n) is 4.97. The predicted molar refractivity (Wildman–Crippen MR) is 97.8 cm³/mol. The second kappa shape index (κ2) is 6.77. The van der Waals surface area contributed by atoms with Crippen LogP contribution in [-0.2, 0) is 0 Å². The van der Waals surface area contributed by atoms with E-state index in [2.05, 4.69) is 22.8 Å². The van der Waals surface area contributed by atoms with Crippen LogP contribution >= 0.6 is 35.2 Å². The van der Waals surface area contributed by atoms with Crippen LogP contribution in [0.5, 0.6) is 0 Å². The number of hydrogen-bond donors (Lipinski definition) is 1. The zero-order valence-electron chi connectivity index (χ0n) is 12.1. The van der Waals surface area contributed by atoms with Crippen molar-refractivity contribution in [2.24, 2.45) is 5.10 Å². The fraction of sp³-hybridized carbons (Fsp3) is 0.250. The van der Waals surface area contributed by atoms with Crippen LogP contribution in [0.1, 0.15) is 29.8 Å². The van der Waals surface area contributed by atoms with E-state index < -0.39 is 0 Å². The Morgan fingerprint density at radius 2 is 2.18 bits per heavy atom. The molecule has 0 radical (unpaired) electrons. The van der Waals surface area contributed by atoms with E-state index in [9.17, 15) is 0 Å². The summed E-state index contributed by atoms with van der Waals surface area (Å²) in [5.74, 6) is 0. The molecular formula is C16H16ClN3S2. The summed E-state index contributed by atoms with van der Waals surface area (Å²) < 4.78 is 0. The first-order valence-corrected chi connectivity index (χ1v) is 8.79. The van der Waals surface area contributed by atoms with Crippen LogP contribution < -0.4 is 5.32 Å². The van der Waals surface area contributed by atoms with Gasteiger partial charge in [-0.3, -0.25) is 0 Å². The predicted octanol–water partition coefficient (Wildman–Crippen LogP) is 4.45. The molecule has 0 saturated heterocycles. The molecule has 1 aromatic heterocycles. The molecule has 1 atom stereocenters. The minimum Gasteiger partial charge on any atom is -0.361 e. The van der Waals surface area contributed by atoms with Gasteiger partial charge in [-0.1, -0.05) is 29.8 Å². The van der Waals surface area contributed by atoms with Crippen molar-refractivity contribution in [1.29, 1.82) is 0 Å². The summed E-state index contributed by atoms with van der Waals surface area (Å²) in [6, 6.07) is 12.2. The minimum absolute atomic E-state index is 0.164. The summed E-state index contributed by atoms with van der Waals surface area (Å²) in [4.78, 5) is 1.27. The lowest BCUT2D eigenvalue weighted by atomic mass is 10.0. The zero-order valence-corrected chi connectivity index (χ0v) is 14.5. The van der Waals surface area contributed by atoms with Gasteiger partial charge in [-0.25, -0.2) is 5.01 Å². The summed E-state index contributed by atoms with van der Waals surface area (Å²) in [5.41, 5.74) is 2.13. The molecule has 1 aliphatic rings. The Morgan fingerprint density at radius 3 is 2.82 bits per heavy atom. The van der Waals surface area contributed by atoms with Gasteiger partial charge in [0, 0.05) is 22.9 Å². The molecule has 3 nitrogen and oxygen atoms in total. The molecule has 1 N–H and O–H groups in total. The second-order valence-corrected chi connectivity index (χ2v) is 6.77. The van der Waals surface area contributed by atoms with Gasteiger partial charge in [0.15, 0.2) is 5.11 Å². The summed E-state index contributed by atoms with van der Waals surface area (Å²) in [6.45, 7) is 2.82. The highest BCUT2D eigenvalue weighted by molar-refractivity contribution is 7.80. The normalized spacial score (nSPS) is 17.5. The van der Waals surface area contributed by atoms with E-state index in [1.165, 1.54) is 4.88 Å². The molecule has 2 heterocycles. The van der Waals surface area contributed by atoms with Gasteiger partial charge in [0.1, 0.15) is 0 Å². The number of rotatable bonds is 3. The SMILES string of the molecule is CCNC(=S)N1N=C(c2ccc(Cl)cc2)CC1c1cccs1. The van der Waals surface area contributed by atoms with E-state index >= 15 is 0 Å². The highest BCUT2D eigenvalue weighted by Gasteiger charge is 2.31. The Bertz CT molecular complexity index is 680. The minimum atomic E-state index is 0.164. The highest BCUT2D eigenvalue weighted by Crippen LogP contribution is 2.35. The van der Waals surface area contributed by atoms with Crippen LogP contribution in [0.3, 0.4) is 0 Å². The smallest absolute Gasteiger partial charge is 0.190 e. The Morgan fingerprint density at radius 1 is 1.41 bits per heavy atom. The first kappa shape index (κ1) is 15.5. The highest BCUT2D eigenvalue weighted by atomic mass is 35.5. The average Bonchev–Trinajstić information content (AvgIpc) is 3.17. The van der Waals surface area contributed by atoms with E-state index in [-0.39, 0.29) is 6.04 Å². The van der Waals surface area contributed by atoms with Crippen molar-refractivity contribution in [2.45, 2.75) is 19.4 Å². The van der Waals surface area contributed by atoms with Gasteiger partial charge in [-0.2, -0.15) is 5.10 Å². The molecule has 2 aromatic rings. The lowest BCUT2D eigenvalue weighted by molar-refractivity contribution is 0.369. The van der Waals surface area contributed by atoms with E-state index in [0.29, 0.717) is 5.11 Å². The summed E-state index contributed by atoms with van der Waals surface area (Å²) in [5, 5.41) is 13.4. The van der Waals surface area contributed by atoms with Crippen molar-refractivity contribution in [1.82, 2.24) is 10.3 Å². The molecule has 0 fully saturated rings.